The molecule has 0 radical (unpaired) electrons. The van der Waals surface area contributed by atoms with Crippen LogP contribution in [-0.4, -0.2) is 30.4 Å². The largest absolute Gasteiger partial charge is 0.415 e. The van der Waals surface area contributed by atoms with Crippen molar-refractivity contribution in [2.75, 3.05) is 13.1 Å². The zero-order valence-electron chi connectivity index (χ0n) is 11.0. The topological polar surface area (TPSA) is 46.6 Å². The highest BCUT2D eigenvalue weighted by Gasteiger charge is 2.19. The lowest BCUT2D eigenvalue weighted by atomic mass is 10.1. The van der Waals surface area contributed by atoms with Gasteiger partial charge in [-0.3, -0.25) is 4.79 Å². The van der Waals surface area contributed by atoms with Gasteiger partial charge < -0.3 is 9.64 Å². The first-order valence-corrected chi connectivity index (χ1v) is 6.59. The molecule has 0 saturated carbocycles. The first-order valence-electron chi connectivity index (χ1n) is 6.59. The van der Waals surface area contributed by atoms with Crippen LogP contribution >= 0.6 is 0 Å². The molecule has 0 atom stereocenters. The Morgan fingerprint density at radius 1 is 1.15 bits per heavy atom. The van der Waals surface area contributed by atoms with Gasteiger partial charge in [0.15, 0.2) is 0 Å². The molecule has 1 aromatic carbocycles. The number of carbonyl (C=O) groups excluding carboxylic acids is 2. The maximum absolute atomic E-state index is 12.9. The highest BCUT2D eigenvalue weighted by atomic mass is 19.1. The summed E-state index contributed by atoms with van der Waals surface area (Å²) < 4.78 is 18.1. The van der Waals surface area contributed by atoms with Crippen molar-refractivity contribution in [3.63, 3.8) is 0 Å². The molecular formula is C15H16FNO3. The van der Waals surface area contributed by atoms with Crippen LogP contribution in [0.3, 0.4) is 0 Å². The molecule has 1 heterocycles. The third-order valence-electron chi connectivity index (χ3n) is 3.16. The summed E-state index contributed by atoms with van der Waals surface area (Å²) in [6.07, 6.45) is 4.26. The Labute approximate surface area is 116 Å². The van der Waals surface area contributed by atoms with Crippen LogP contribution in [0.5, 0.6) is 0 Å². The number of hydrogen-bond donors (Lipinski definition) is 0. The van der Waals surface area contributed by atoms with E-state index in [1.54, 1.807) is 4.90 Å². The molecule has 0 N–H and O–H groups in total. The molecule has 0 aromatic heterocycles. The van der Waals surface area contributed by atoms with Crippen LogP contribution in [0.4, 0.5) is 9.18 Å². The lowest BCUT2D eigenvalue weighted by Gasteiger charge is -2.26. The molecule has 4 nitrogen and oxygen atoms in total. The van der Waals surface area contributed by atoms with Gasteiger partial charge in [0.1, 0.15) is 17.9 Å². The highest BCUT2D eigenvalue weighted by Crippen LogP contribution is 2.19. The molecule has 0 unspecified atom stereocenters. The fourth-order valence-corrected chi connectivity index (χ4v) is 2.10. The number of carbonyl (C=O) groups is 2. The Balaban J connectivity index is 2.09. The van der Waals surface area contributed by atoms with Crippen LogP contribution in [0.2, 0.25) is 0 Å². The number of amides is 1. The van der Waals surface area contributed by atoms with Crippen molar-refractivity contribution in [3.8, 4) is 0 Å². The SMILES string of the molecule is O=C/C=C(\OC(=O)N1CCCCC1)c1ccc(F)cc1. The highest BCUT2D eigenvalue weighted by molar-refractivity contribution is 5.84. The van der Waals surface area contributed by atoms with E-state index < -0.39 is 6.09 Å². The van der Waals surface area contributed by atoms with E-state index in [4.69, 9.17) is 4.74 Å². The molecule has 1 aliphatic rings. The standard InChI is InChI=1S/C15H16FNO3/c16-13-6-4-12(5-7-13)14(8-11-18)20-15(19)17-9-2-1-3-10-17/h4-8,11H,1-3,9-10H2/b14-8-. The van der Waals surface area contributed by atoms with Crippen LogP contribution in [0.25, 0.3) is 5.76 Å². The Morgan fingerprint density at radius 2 is 1.80 bits per heavy atom. The van der Waals surface area contributed by atoms with E-state index in [1.165, 1.54) is 24.3 Å². The lowest BCUT2D eigenvalue weighted by molar-refractivity contribution is -0.104. The summed E-state index contributed by atoms with van der Waals surface area (Å²) in [6.45, 7) is 1.33. The summed E-state index contributed by atoms with van der Waals surface area (Å²) in [5.74, 6) is -0.253. The molecule has 1 saturated heterocycles. The van der Waals surface area contributed by atoms with Crippen molar-refractivity contribution in [2.24, 2.45) is 0 Å². The summed E-state index contributed by atoms with van der Waals surface area (Å²) in [7, 11) is 0. The van der Waals surface area contributed by atoms with Crippen molar-refractivity contribution in [2.45, 2.75) is 19.3 Å². The Hall–Kier alpha value is -2.17. The van der Waals surface area contributed by atoms with E-state index in [2.05, 4.69) is 0 Å². The smallest absolute Gasteiger partial charge is 0.409 e. The number of likely N-dealkylation sites (tertiary alicyclic amines) is 1. The van der Waals surface area contributed by atoms with Gasteiger partial charge in [-0.1, -0.05) is 0 Å². The summed E-state index contributed by atoms with van der Waals surface area (Å²) in [6, 6.07) is 5.44. The average Bonchev–Trinajstić information content (AvgIpc) is 2.48. The number of aldehydes is 1. The van der Waals surface area contributed by atoms with Gasteiger partial charge in [0.05, 0.1) is 0 Å². The molecule has 1 amide bonds. The number of halogens is 1. The fourth-order valence-electron chi connectivity index (χ4n) is 2.10. The monoisotopic (exact) mass is 277 g/mol. The second kappa shape index (κ2) is 6.84. The minimum Gasteiger partial charge on any atom is -0.409 e. The first-order chi connectivity index (χ1) is 9.70. The number of nitrogens with zero attached hydrogens (tertiary/aromatic N) is 1. The maximum Gasteiger partial charge on any atom is 0.415 e. The number of piperidine rings is 1. The number of rotatable bonds is 3. The van der Waals surface area contributed by atoms with Crippen molar-refractivity contribution >= 4 is 18.1 Å². The van der Waals surface area contributed by atoms with E-state index in [9.17, 15) is 14.0 Å². The van der Waals surface area contributed by atoms with E-state index >= 15 is 0 Å². The quantitative estimate of drug-likeness (QED) is 0.485. The van der Waals surface area contributed by atoms with E-state index in [-0.39, 0.29) is 11.6 Å². The Kier molecular flexibility index (Phi) is 4.87. The summed E-state index contributed by atoms with van der Waals surface area (Å²) in [5.41, 5.74) is 0.490. The van der Waals surface area contributed by atoms with Crippen molar-refractivity contribution in [1.29, 1.82) is 0 Å². The van der Waals surface area contributed by atoms with Crippen LogP contribution in [0.15, 0.2) is 30.3 Å². The number of allylic oxidation sites excluding steroid dienone is 1. The van der Waals surface area contributed by atoms with Crippen LogP contribution in [0.1, 0.15) is 24.8 Å². The predicted octanol–water partition coefficient (Wildman–Crippen LogP) is 2.99. The van der Waals surface area contributed by atoms with E-state index in [0.717, 1.165) is 25.3 Å². The van der Waals surface area contributed by atoms with Crippen molar-refractivity contribution in [3.05, 3.63) is 41.7 Å². The minimum absolute atomic E-state index is 0.135. The van der Waals surface area contributed by atoms with Gasteiger partial charge in [-0.15, -0.1) is 0 Å². The van der Waals surface area contributed by atoms with Crippen LogP contribution < -0.4 is 0 Å². The Morgan fingerprint density at radius 3 is 2.40 bits per heavy atom. The molecule has 5 heteroatoms. The second-order valence-electron chi connectivity index (χ2n) is 4.59. The summed E-state index contributed by atoms with van der Waals surface area (Å²) in [5, 5.41) is 0. The van der Waals surface area contributed by atoms with Crippen LogP contribution in [-0.2, 0) is 9.53 Å². The molecule has 0 aliphatic carbocycles. The fraction of sp³-hybridized carbons (Fsp3) is 0.333. The molecule has 1 fully saturated rings. The van der Waals surface area contributed by atoms with E-state index in [0.29, 0.717) is 24.9 Å². The van der Waals surface area contributed by atoms with Gasteiger partial charge >= 0.3 is 6.09 Å². The van der Waals surface area contributed by atoms with Gasteiger partial charge in [-0.2, -0.15) is 0 Å². The molecular weight excluding hydrogens is 261 g/mol. The Bertz CT molecular complexity index is 504. The maximum atomic E-state index is 12.9. The number of benzene rings is 1. The second-order valence-corrected chi connectivity index (χ2v) is 4.59. The van der Waals surface area contributed by atoms with Gasteiger partial charge in [0.2, 0.25) is 0 Å². The zero-order chi connectivity index (χ0) is 14.4. The summed E-state index contributed by atoms with van der Waals surface area (Å²) in [4.78, 5) is 24.3. The predicted molar refractivity (Wildman–Crippen MR) is 72.3 cm³/mol. The normalized spacial score (nSPS) is 15.8. The van der Waals surface area contributed by atoms with Gasteiger partial charge in [-0.05, 0) is 43.5 Å². The number of ether oxygens (including phenoxy) is 1. The van der Waals surface area contributed by atoms with Crippen LogP contribution in [0, 0.1) is 5.82 Å². The molecule has 0 bridgehead atoms. The lowest BCUT2D eigenvalue weighted by Crippen LogP contribution is -2.35. The minimum atomic E-state index is -0.470. The zero-order valence-corrected chi connectivity index (χ0v) is 11.0. The third kappa shape index (κ3) is 3.66. The average molecular weight is 277 g/mol. The molecule has 0 spiro atoms. The van der Waals surface area contributed by atoms with Crippen molar-refractivity contribution in [1.82, 2.24) is 4.90 Å². The summed E-state index contributed by atoms with van der Waals surface area (Å²) >= 11 is 0. The van der Waals surface area contributed by atoms with Gasteiger partial charge in [0, 0.05) is 24.7 Å². The molecule has 1 aliphatic heterocycles. The number of hydrogen-bond acceptors (Lipinski definition) is 3. The molecule has 106 valence electrons. The van der Waals surface area contributed by atoms with E-state index in [1.807, 2.05) is 0 Å². The van der Waals surface area contributed by atoms with Gasteiger partial charge in [-0.25, -0.2) is 9.18 Å². The molecule has 2 rings (SSSR count). The molecule has 1 aromatic rings. The van der Waals surface area contributed by atoms with Crippen molar-refractivity contribution < 1.29 is 18.7 Å². The third-order valence-corrected chi connectivity index (χ3v) is 3.16. The van der Waals surface area contributed by atoms with Gasteiger partial charge in [0.25, 0.3) is 0 Å². The molecule has 20 heavy (non-hydrogen) atoms. The first kappa shape index (κ1) is 14.2.